The maximum atomic E-state index is 13.1. The van der Waals surface area contributed by atoms with Crippen molar-refractivity contribution in [1.29, 1.82) is 0 Å². The molecule has 1 amide bonds. The fourth-order valence-electron chi connectivity index (χ4n) is 3.69. The predicted octanol–water partition coefficient (Wildman–Crippen LogP) is 4.39. The van der Waals surface area contributed by atoms with Gasteiger partial charge >= 0.3 is 0 Å². The SMILES string of the molecule is CCCCN1C(=O)C(O)=C(C(=O)CCc2ccccc2)C1c1cccc(OC)c1. The van der Waals surface area contributed by atoms with Crippen LogP contribution < -0.4 is 4.74 Å². The van der Waals surface area contributed by atoms with Crippen LogP contribution >= 0.6 is 0 Å². The average molecular weight is 393 g/mol. The summed E-state index contributed by atoms with van der Waals surface area (Å²) in [4.78, 5) is 27.5. The van der Waals surface area contributed by atoms with Crippen molar-refractivity contribution in [2.75, 3.05) is 13.7 Å². The van der Waals surface area contributed by atoms with Gasteiger partial charge < -0.3 is 14.7 Å². The van der Waals surface area contributed by atoms with Gasteiger partial charge in [-0.25, -0.2) is 0 Å². The molecule has 5 nitrogen and oxygen atoms in total. The van der Waals surface area contributed by atoms with Crippen molar-refractivity contribution >= 4 is 11.7 Å². The Balaban J connectivity index is 1.92. The Morgan fingerprint density at radius 1 is 1.14 bits per heavy atom. The second kappa shape index (κ2) is 9.41. The zero-order valence-electron chi connectivity index (χ0n) is 16.9. The molecule has 0 aromatic heterocycles. The maximum absolute atomic E-state index is 13.1. The monoisotopic (exact) mass is 393 g/mol. The van der Waals surface area contributed by atoms with Crippen molar-refractivity contribution in [1.82, 2.24) is 4.90 Å². The van der Waals surface area contributed by atoms with Crippen molar-refractivity contribution < 1.29 is 19.4 Å². The highest BCUT2D eigenvalue weighted by Gasteiger charge is 2.42. The lowest BCUT2D eigenvalue weighted by atomic mass is 9.93. The smallest absolute Gasteiger partial charge is 0.290 e. The Morgan fingerprint density at radius 2 is 1.90 bits per heavy atom. The number of aliphatic hydroxyl groups excluding tert-OH is 1. The van der Waals surface area contributed by atoms with E-state index in [9.17, 15) is 14.7 Å². The molecule has 1 atom stereocenters. The van der Waals surface area contributed by atoms with Crippen LogP contribution in [0.4, 0.5) is 0 Å². The van der Waals surface area contributed by atoms with Gasteiger partial charge in [0.05, 0.1) is 18.7 Å². The van der Waals surface area contributed by atoms with Crippen LogP contribution in [-0.4, -0.2) is 35.4 Å². The van der Waals surface area contributed by atoms with Crippen LogP contribution in [0.2, 0.25) is 0 Å². The molecule has 1 unspecified atom stereocenters. The number of ether oxygens (including phenoxy) is 1. The quantitative estimate of drug-likeness (QED) is 0.686. The molecule has 1 N–H and O–H groups in total. The lowest BCUT2D eigenvalue weighted by Gasteiger charge is -2.27. The van der Waals surface area contributed by atoms with E-state index in [0.717, 1.165) is 24.0 Å². The highest BCUT2D eigenvalue weighted by atomic mass is 16.5. The van der Waals surface area contributed by atoms with Gasteiger partial charge in [0.2, 0.25) is 0 Å². The molecular formula is C24H27NO4. The predicted molar refractivity (Wildman–Crippen MR) is 112 cm³/mol. The lowest BCUT2D eigenvalue weighted by Crippen LogP contribution is -2.32. The number of ketones is 1. The Morgan fingerprint density at radius 3 is 2.59 bits per heavy atom. The first kappa shape index (κ1) is 20.6. The minimum atomic E-state index is -0.590. The Bertz CT molecular complexity index is 904. The van der Waals surface area contributed by atoms with Crippen LogP contribution in [0.25, 0.3) is 0 Å². The largest absolute Gasteiger partial charge is 0.503 e. The van der Waals surface area contributed by atoms with Crippen LogP contribution in [0.3, 0.4) is 0 Å². The first-order valence-corrected chi connectivity index (χ1v) is 10.0. The summed E-state index contributed by atoms with van der Waals surface area (Å²) in [5.74, 6) is -0.458. The number of amides is 1. The molecule has 1 aliphatic rings. The number of hydrogen-bond acceptors (Lipinski definition) is 4. The minimum Gasteiger partial charge on any atom is -0.503 e. The molecule has 29 heavy (non-hydrogen) atoms. The summed E-state index contributed by atoms with van der Waals surface area (Å²) in [7, 11) is 1.58. The Hall–Kier alpha value is -3.08. The number of carbonyl (C=O) groups is 2. The molecule has 3 rings (SSSR count). The van der Waals surface area contributed by atoms with Crippen LogP contribution in [0.5, 0.6) is 5.75 Å². The third-order valence-electron chi connectivity index (χ3n) is 5.25. The summed E-state index contributed by atoms with van der Waals surface area (Å²) in [6, 6.07) is 16.5. The number of nitrogens with zero attached hydrogens (tertiary/aromatic N) is 1. The molecule has 2 aromatic rings. The second-order valence-corrected chi connectivity index (χ2v) is 7.20. The summed E-state index contributed by atoms with van der Waals surface area (Å²) in [6.45, 7) is 2.52. The number of unbranched alkanes of at least 4 members (excludes halogenated alkanes) is 1. The number of carbonyl (C=O) groups excluding carboxylic acids is 2. The van der Waals surface area contributed by atoms with E-state index in [1.807, 2.05) is 61.5 Å². The molecule has 0 saturated heterocycles. The van der Waals surface area contributed by atoms with Crippen LogP contribution in [0.15, 0.2) is 65.9 Å². The van der Waals surface area contributed by atoms with Gasteiger partial charge in [-0.2, -0.15) is 0 Å². The second-order valence-electron chi connectivity index (χ2n) is 7.20. The summed E-state index contributed by atoms with van der Waals surface area (Å²) in [6.07, 6.45) is 2.50. The molecule has 0 spiro atoms. The van der Waals surface area contributed by atoms with E-state index in [1.165, 1.54) is 0 Å². The van der Waals surface area contributed by atoms with E-state index in [1.54, 1.807) is 12.0 Å². The zero-order chi connectivity index (χ0) is 20.8. The molecule has 0 saturated carbocycles. The van der Waals surface area contributed by atoms with Crippen molar-refractivity contribution in [2.24, 2.45) is 0 Å². The number of Topliss-reactive ketones (excluding diaryl/α,β-unsaturated/α-hetero) is 1. The van der Waals surface area contributed by atoms with Crippen molar-refractivity contribution in [3.63, 3.8) is 0 Å². The third kappa shape index (κ3) is 4.50. The highest BCUT2D eigenvalue weighted by molar-refractivity contribution is 6.09. The number of aryl methyl sites for hydroxylation is 1. The normalized spacial score (nSPS) is 16.4. The zero-order valence-corrected chi connectivity index (χ0v) is 16.9. The van der Waals surface area contributed by atoms with Gasteiger partial charge in [0, 0.05) is 13.0 Å². The van der Waals surface area contributed by atoms with E-state index in [-0.39, 0.29) is 17.8 Å². The Kier molecular flexibility index (Phi) is 6.70. The van der Waals surface area contributed by atoms with E-state index in [2.05, 4.69) is 0 Å². The fourth-order valence-corrected chi connectivity index (χ4v) is 3.69. The number of hydrogen-bond donors (Lipinski definition) is 1. The maximum Gasteiger partial charge on any atom is 0.290 e. The molecular weight excluding hydrogens is 366 g/mol. The molecule has 5 heteroatoms. The summed E-state index contributed by atoms with van der Waals surface area (Å²) >= 11 is 0. The Labute approximate surface area is 171 Å². The average Bonchev–Trinajstić information content (AvgIpc) is 3.01. The van der Waals surface area contributed by atoms with Gasteiger partial charge in [-0.05, 0) is 36.1 Å². The van der Waals surface area contributed by atoms with Gasteiger partial charge in [0.25, 0.3) is 5.91 Å². The van der Waals surface area contributed by atoms with Crippen molar-refractivity contribution in [2.45, 2.75) is 38.6 Å². The number of aliphatic hydroxyl groups is 1. The fraction of sp³-hybridized carbons (Fsp3) is 0.333. The molecule has 0 fully saturated rings. The molecule has 0 aliphatic carbocycles. The van der Waals surface area contributed by atoms with E-state index >= 15 is 0 Å². The third-order valence-corrected chi connectivity index (χ3v) is 5.25. The number of rotatable bonds is 9. The summed E-state index contributed by atoms with van der Waals surface area (Å²) < 4.78 is 5.32. The van der Waals surface area contributed by atoms with Gasteiger partial charge in [0.1, 0.15) is 5.75 Å². The van der Waals surface area contributed by atoms with E-state index < -0.39 is 17.7 Å². The van der Waals surface area contributed by atoms with Crippen molar-refractivity contribution in [3.8, 4) is 5.75 Å². The molecule has 1 aliphatic heterocycles. The highest BCUT2D eigenvalue weighted by Crippen LogP contribution is 2.39. The standard InChI is InChI=1S/C24H27NO4/c1-3-4-15-25-22(18-11-8-12-19(16-18)29-2)21(23(27)24(25)28)20(26)14-13-17-9-6-5-7-10-17/h5-12,16,22,27H,3-4,13-15H2,1-2H3. The molecule has 1 heterocycles. The van der Waals surface area contributed by atoms with Crippen LogP contribution in [0.1, 0.15) is 43.4 Å². The van der Waals surface area contributed by atoms with Crippen LogP contribution in [-0.2, 0) is 16.0 Å². The summed E-state index contributed by atoms with van der Waals surface area (Å²) in [5.41, 5.74) is 2.00. The first-order chi connectivity index (χ1) is 14.1. The molecule has 0 radical (unpaired) electrons. The number of benzene rings is 2. The topological polar surface area (TPSA) is 66.8 Å². The van der Waals surface area contributed by atoms with Gasteiger partial charge in [-0.15, -0.1) is 0 Å². The van der Waals surface area contributed by atoms with Gasteiger partial charge in [-0.3, -0.25) is 9.59 Å². The number of methoxy groups -OCH3 is 1. The molecule has 2 aromatic carbocycles. The minimum absolute atomic E-state index is 0.190. The lowest BCUT2D eigenvalue weighted by molar-refractivity contribution is -0.129. The molecule has 152 valence electrons. The van der Waals surface area contributed by atoms with E-state index in [4.69, 9.17) is 4.74 Å². The van der Waals surface area contributed by atoms with Gasteiger partial charge in [0.15, 0.2) is 11.5 Å². The van der Waals surface area contributed by atoms with Crippen LogP contribution in [0, 0.1) is 0 Å². The van der Waals surface area contributed by atoms with Gasteiger partial charge in [-0.1, -0.05) is 55.8 Å². The first-order valence-electron chi connectivity index (χ1n) is 10.0. The molecule has 0 bridgehead atoms. The van der Waals surface area contributed by atoms with E-state index in [0.29, 0.717) is 18.7 Å². The van der Waals surface area contributed by atoms with Crippen molar-refractivity contribution in [3.05, 3.63) is 77.1 Å². The summed E-state index contributed by atoms with van der Waals surface area (Å²) in [5, 5.41) is 10.6.